The highest BCUT2D eigenvalue weighted by Gasteiger charge is 2.52. The average molecular weight is 415 g/mol. The van der Waals surface area contributed by atoms with E-state index in [2.05, 4.69) is 11.7 Å². The van der Waals surface area contributed by atoms with Crippen LogP contribution < -0.4 is 0 Å². The van der Waals surface area contributed by atoms with Crippen LogP contribution in [0.3, 0.4) is 0 Å². The molecule has 1 rings (SSSR count). The molecule has 2 atom stereocenters. The molecule has 7 heteroatoms. The fraction of sp³-hybridized carbons (Fsp3) is 0.818. The van der Waals surface area contributed by atoms with E-state index in [1.807, 2.05) is 0 Å². The Morgan fingerprint density at radius 1 is 0.897 bits per heavy atom. The van der Waals surface area contributed by atoms with Crippen molar-refractivity contribution in [2.45, 2.75) is 109 Å². The monoisotopic (exact) mass is 414 g/mol. The second-order valence-corrected chi connectivity index (χ2v) is 8.02. The van der Waals surface area contributed by atoms with Crippen molar-refractivity contribution in [3.63, 3.8) is 0 Å². The Balaban J connectivity index is 2.15. The molecule has 0 amide bonds. The standard InChI is InChI=1S/C22H38O7/c1-2-3-4-5-6-7-8-9-10-11-12-13-14-15-17(24)22(28,16-23)20-18(25)19(26)21(27)29-20/h20,23,25-26,28H,2-16H2,1H3/t20-,22+/m0/s1. The minimum absolute atomic E-state index is 0.00306. The molecule has 29 heavy (non-hydrogen) atoms. The van der Waals surface area contributed by atoms with Gasteiger partial charge in [0.2, 0.25) is 11.9 Å². The van der Waals surface area contributed by atoms with Gasteiger partial charge in [-0.1, -0.05) is 84.0 Å². The van der Waals surface area contributed by atoms with Crippen LogP contribution in [-0.2, 0) is 14.3 Å². The number of hydrogen-bond acceptors (Lipinski definition) is 7. The number of unbranched alkanes of at least 4 members (excludes halogenated alkanes) is 12. The average Bonchev–Trinajstić information content (AvgIpc) is 2.98. The van der Waals surface area contributed by atoms with Gasteiger partial charge in [-0.05, 0) is 6.42 Å². The molecule has 0 aliphatic carbocycles. The van der Waals surface area contributed by atoms with E-state index in [1.165, 1.54) is 57.8 Å². The number of cyclic esters (lactones) is 1. The van der Waals surface area contributed by atoms with Gasteiger partial charge in [0.05, 0.1) is 6.61 Å². The van der Waals surface area contributed by atoms with Crippen LogP contribution in [0.15, 0.2) is 11.5 Å². The molecule has 0 fully saturated rings. The molecule has 1 aliphatic heterocycles. The fourth-order valence-corrected chi connectivity index (χ4v) is 3.61. The summed E-state index contributed by atoms with van der Waals surface area (Å²) in [6, 6.07) is 0. The normalized spacial score (nSPS) is 18.7. The van der Waals surface area contributed by atoms with E-state index in [0.717, 1.165) is 19.3 Å². The lowest BCUT2D eigenvalue weighted by Crippen LogP contribution is -2.53. The Morgan fingerprint density at radius 2 is 1.34 bits per heavy atom. The van der Waals surface area contributed by atoms with Crippen molar-refractivity contribution in [2.75, 3.05) is 6.61 Å². The van der Waals surface area contributed by atoms with Gasteiger partial charge in [0, 0.05) is 6.42 Å². The number of ether oxygens (including phenoxy) is 1. The van der Waals surface area contributed by atoms with Crippen LogP contribution in [0.25, 0.3) is 0 Å². The van der Waals surface area contributed by atoms with E-state index >= 15 is 0 Å². The van der Waals surface area contributed by atoms with E-state index in [-0.39, 0.29) is 6.42 Å². The van der Waals surface area contributed by atoms with Gasteiger partial charge in [-0.25, -0.2) is 4.79 Å². The van der Waals surface area contributed by atoms with Crippen molar-refractivity contribution in [1.29, 1.82) is 0 Å². The third kappa shape index (κ3) is 7.97. The summed E-state index contributed by atoms with van der Waals surface area (Å²) in [7, 11) is 0. The van der Waals surface area contributed by atoms with Gasteiger partial charge >= 0.3 is 5.97 Å². The summed E-state index contributed by atoms with van der Waals surface area (Å²) in [6.07, 6.45) is 13.3. The van der Waals surface area contributed by atoms with E-state index in [0.29, 0.717) is 6.42 Å². The zero-order valence-corrected chi connectivity index (χ0v) is 17.7. The molecular formula is C22H38O7. The maximum Gasteiger partial charge on any atom is 0.378 e. The lowest BCUT2D eigenvalue weighted by molar-refractivity contribution is -0.169. The highest BCUT2D eigenvalue weighted by atomic mass is 16.6. The number of rotatable bonds is 17. The molecule has 0 aromatic carbocycles. The molecule has 0 aromatic rings. The SMILES string of the molecule is CCCCCCCCCCCCCCCC(=O)[C@](O)(CO)[C@H]1OC(=O)C(O)=C1O. The van der Waals surface area contributed by atoms with E-state index in [9.17, 15) is 30.0 Å². The second-order valence-electron chi connectivity index (χ2n) is 8.02. The third-order valence-electron chi connectivity index (χ3n) is 5.57. The highest BCUT2D eigenvalue weighted by Crippen LogP contribution is 2.30. The van der Waals surface area contributed by atoms with Crippen molar-refractivity contribution in [3.05, 3.63) is 11.5 Å². The number of esters is 1. The smallest absolute Gasteiger partial charge is 0.378 e. The molecule has 7 nitrogen and oxygen atoms in total. The van der Waals surface area contributed by atoms with Crippen LogP contribution in [0, 0.1) is 0 Å². The van der Waals surface area contributed by atoms with Gasteiger partial charge in [-0.2, -0.15) is 0 Å². The molecule has 0 saturated heterocycles. The fourth-order valence-electron chi connectivity index (χ4n) is 3.61. The highest BCUT2D eigenvalue weighted by molar-refractivity contribution is 5.93. The molecular weight excluding hydrogens is 376 g/mol. The number of Topliss-reactive ketones (excluding diaryl/α,β-unsaturated/α-hetero) is 1. The first kappa shape index (κ1) is 25.4. The molecule has 4 N–H and O–H groups in total. The molecule has 1 heterocycles. The number of aliphatic hydroxyl groups is 4. The number of hydrogen-bond donors (Lipinski definition) is 4. The lowest BCUT2D eigenvalue weighted by atomic mass is 9.88. The van der Waals surface area contributed by atoms with E-state index in [1.54, 1.807) is 0 Å². The Hall–Kier alpha value is -1.60. The van der Waals surface area contributed by atoms with E-state index in [4.69, 9.17) is 0 Å². The molecule has 168 valence electrons. The minimum Gasteiger partial charge on any atom is -0.505 e. The van der Waals surface area contributed by atoms with Crippen LogP contribution in [-0.4, -0.2) is 50.5 Å². The van der Waals surface area contributed by atoms with Crippen LogP contribution >= 0.6 is 0 Å². The summed E-state index contributed by atoms with van der Waals surface area (Å²) in [5.74, 6) is -3.92. The first-order chi connectivity index (χ1) is 13.9. The zero-order valence-electron chi connectivity index (χ0n) is 17.7. The van der Waals surface area contributed by atoms with Crippen molar-refractivity contribution >= 4 is 11.8 Å². The predicted octanol–water partition coefficient (Wildman–Crippen LogP) is 4.01. The quantitative estimate of drug-likeness (QED) is 0.209. The number of ketones is 1. The van der Waals surface area contributed by atoms with Gasteiger partial charge in [0.1, 0.15) is 0 Å². The van der Waals surface area contributed by atoms with Gasteiger partial charge in [-0.3, -0.25) is 4.79 Å². The third-order valence-corrected chi connectivity index (χ3v) is 5.57. The zero-order chi connectivity index (χ0) is 21.7. The van der Waals surface area contributed by atoms with Crippen LogP contribution in [0.2, 0.25) is 0 Å². The van der Waals surface area contributed by atoms with Crippen LogP contribution in [0.1, 0.15) is 96.8 Å². The van der Waals surface area contributed by atoms with Crippen molar-refractivity contribution < 1.29 is 34.8 Å². The van der Waals surface area contributed by atoms with Crippen LogP contribution in [0.4, 0.5) is 0 Å². The first-order valence-corrected chi connectivity index (χ1v) is 11.1. The topological polar surface area (TPSA) is 124 Å². The first-order valence-electron chi connectivity index (χ1n) is 11.1. The maximum atomic E-state index is 12.3. The summed E-state index contributed by atoms with van der Waals surface area (Å²) >= 11 is 0. The molecule has 1 aliphatic rings. The summed E-state index contributed by atoms with van der Waals surface area (Å²) < 4.78 is 4.64. The molecule has 0 bridgehead atoms. The van der Waals surface area contributed by atoms with Crippen molar-refractivity contribution in [1.82, 2.24) is 0 Å². The Kier molecular flexibility index (Phi) is 11.9. The second kappa shape index (κ2) is 13.6. The molecule has 0 saturated carbocycles. The largest absolute Gasteiger partial charge is 0.505 e. The number of carbonyl (C=O) groups is 2. The Morgan fingerprint density at radius 3 is 1.72 bits per heavy atom. The summed E-state index contributed by atoms with van der Waals surface area (Å²) in [4.78, 5) is 23.6. The van der Waals surface area contributed by atoms with Crippen LogP contribution in [0.5, 0.6) is 0 Å². The minimum atomic E-state index is -2.44. The van der Waals surface area contributed by atoms with Gasteiger partial charge < -0.3 is 25.2 Å². The Bertz CT molecular complexity index is 543. The molecule has 0 radical (unpaired) electrons. The van der Waals surface area contributed by atoms with Crippen molar-refractivity contribution in [3.8, 4) is 0 Å². The summed E-state index contributed by atoms with van der Waals surface area (Å²) in [5, 5.41) is 38.9. The van der Waals surface area contributed by atoms with E-state index < -0.39 is 41.6 Å². The molecule has 0 spiro atoms. The molecule has 0 aromatic heterocycles. The summed E-state index contributed by atoms with van der Waals surface area (Å²) in [5.41, 5.74) is -2.44. The maximum absolute atomic E-state index is 12.3. The van der Waals surface area contributed by atoms with Gasteiger partial charge in [0.25, 0.3) is 0 Å². The van der Waals surface area contributed by atoms with Gasteiger partial charge in [-0.15, -0.1) is 0 Å². The van der Waals surface area contributed by atoms with Gasteiger partial charge in [0.15, 0.2) is 17.1 Å². The predicted molar refractivity (Wildman–Crippen MR) is 110 cm³/mol. The summed E-state index contributed by atoms with van der Waals surface area (Å²) in [6.45, 7) is 1.21. The Labute approximate surface area is 173 Å². The number of aliphatic hydroxyl groups excluding tert-OH is 3. The van der Waals surface area contributed by atoms with Crippen molar-refractivity contribution in [2.24, 2.45) is 0 Å². The molecule has 0 unspecified atom stereocenters. The number of carbonyl (C=O) groups excluding carboxylic acids is 2. The lowest BCUT2D eigenvalue weighted by Gasteiger charge is -2.29.